The average molecular weight is 346 g/mol. The lowest BCUT2D eigenvalue weighted by atomic mass is 9.97. The molecule has 0 radical (unpaired) electrons. The van der Waals surface area contributed by atoms with E-state index < -0.39 is 0 Å². The highest BCUT2D eigenvalue weighted by Crippen LogP contribution is 2.31. The lowest BCUT2D eigenvalue weighted by Crippen LogP contribution is -3.14. The van der Waals surface area contributed by atoms with Crippen LogP contribution in [0.5, 0.6) is 0 Å². The summed E-state index contributed by atoms with van der Waals surface area (Å²) in [5, 5.41) is 1.27. The predicted octanol–water partition coefficient (Wildman–Crippen LogP) is 0.917. The molecule has 1 N–H and O–H groups in total. The Bertz CT molecular complexity index is 670. The number of rotatable bonds is 3. The summed E-state index contributed by atoms with van der Waals surface area (Å²) in [6.45, 7) is 5.63. The molecule has 0 aliphatic carbocycles. The van der Waals surface area contributed by atoms with Gasteiger partial charge in [-0.05, 0) is 12.1 Å². The van der Waals surface area contributed by atoms with E-state index in [1.54, 1.807) is 0 Å². The number of amides is 1. The predicted molar refractivity (Wildman–Crippen MR) is 94.6 cm³/mol. The summed E-state index contributed by atoms with van der Waals surface area (Å²) in [7, 11) is 0. The monoisotopic (exact) mass is 346 g/mol. The fraction of sp³-hybridized carbons (Fsp3) is 0.556. The lowest BCUT2D eigenvalue weighted by Gasteiger charge is -2.31. The number of nitrogens with zero attached hydrogens (tertiary/aromatic N) is 2. The number of benzene rings is 1. The first-order valence-electron chi connectivity index (χ1n) is 8.84. The minimum absolute atomic E-state index is 0.284. The van der Waals surface area contributed by atoms with Gasteiger partial charge in [0.1, 0.15) is 0 Å². The molecule has 1 aromatic heterocycles. The number of likely N-dealkylation sites (tertiary alicyclic amines) is 1. The van der Waals surface area contributed by atoms with Crippen molar-refractivity contribution in [1.29, 1.82) is 0 Å². The van der Waals surface area contributed by atoms with E-state index >= 15 is 0 Å². The Hall–Kier alpha value is -1.50. The van der Waals surface area contributed by atoms with Crippen molar-refractivity contribution in [3.63, 3.8) is 0 Å². The van der Waals surface area contributed by atoms with Crippen LogP contribution in [0.25, 0.3) is 10.2 Å². The van der Waals surface area contributed by atoms with Crippen LogP contribution >= 0.6 is 11.3 Å². The summed E-state index contributed by atoms with van der Waals surface area (Å²) in [5.41, 5.74) is 1.12. The van der Waals surface area contributed by atoms with Gasteiger partial charge in [-0.25, -0.2) is 4.98 Å². The van der Waals surface area contributed by atoms with E-state index in [4.69, 9.17) is 9.72 Å². The fourth-order valence-corrected chi connectivity index (χ4v) is 4.79. The van der Waals surface area contributed by atoms with Crippen LogP contribution in [0, 0.1) is 0 Å². The van der Waals surface area contributed by atoms with Crippen molar-refractivity contribution in [2.75, 3.05) is 45.9 Å². The molecule has 3 heterocycles. The maximum absolute atomic E-state index is 12.4. The molecule has 4 rings (SSSR count). The highest BCUT2D eigenvalue weighted by atomic mass is 32.1. The molecule has 0 atom stereocenters. The molecule has 0 bridgehead atoms. The first kappa shape index (κ1) is 16.0. The van der Waals surface area contributed by atoms with Gasteiger partial charge in [-0.15, -0.1) is 11.3 Å². The second kappa shape index (κ2) is 7.17. The number of morpholine rings is 1. The topological polar surface area (TPSA) is 46.9 Å². The SMILES string of the molecule is O=C(C[NH+]1CCC(c2nc3ccccc3s2)CC1)N1CCOCC1. The first-order valence-corrected chi connectivity index (χ1v) is 9.66. The van der Waals surface area contributed by atoms with Gasteiger partial charge in [-0.1, -0.05) is 12.1 Å². The van der Waals surface area contributed by atoms with Crippen molar-refractivity contribution in [2.45, 2.75) is 18.8 Å². The molecule has 0 unspecified atom stereocenters. The van der Waals surface area contributed by atoms with Gasteiger partial charge in [0.15, 0.2) is 6.54 Å². The molecule has 2 aliphatic heterocycles. The number of thiazole rings is 1. The molecule has 5 nitrogen and oxygen atoms in total. The van der Waals surface area contributed by atoms with Crippen molar-refractivity contribution >= 4 is 27.5 Å². The van der Waals surface area contributed by atoms with Crippen LogP contribution in [0.4, 0.5) is 0 Å². The van der Waals surface area contributed by atoms with Crippen LogP contribution in [0.15, 0.2) is 24.3 Å². The highest BCUT2D eigenvalue weighted by molar-refractivity contribution is 7.18. The van der Waals surface area contributed by atoms with Crippen LogP contribution in [0.1, 0.15) is 23.8 Å². The number of hydrogen-bond donors (Lipinski definition) is 1. The Morgan fingerprint density at radius 2 is 2.00 bits per heavy atom. The number of quaternary nitrogens is 1. The van der Waals surface area contributed by atoms with Crippen LogP contribution in [0.3, 0.4) is 0 Å². The van der Waals surface area contributed by atoms with Gasteiger partial charge in [0.25, 0.3) is 5.91 Å². The largest absolute Gasteiger partial charge is 0.378 e. The molecule has 2 saturated heterocycles. The Morgan fingerprint density at radius 1 is 1.25 bits per heavy atom. The summed E-state index contributed by atoms with van der Waals surface area (Å²) in [6, 6.07) is 8.37. The minimum Gasteiger partial charge on any atom is -0.378 e. The Kier molecular flexibility index (Phi) is 4.78. The van der Waals surface area contributed by atoms with Crippen molar-refractivity contribution in [3.05, 3.63) is 29.3 Å². The molecule has 1 aromatic carbocycles. The zero-order valence-corrected chi connectivity index (χ0v) is 14.7. The van der Waals surface area contributed by atoms with E-state index in [1.807, 2.05) is 16.2 Å². The maximum atomic E-state index is 12.4. The Labute approximate surface area is 146 Å². The normalized spacial score (nSPS) is 25.1. The maximum Gasteiger partial charge on any atom is 0.277 e. The fourth-order valence-electron chi connectivity index (χ4n) is 3.65. The van der Waals surface area contributed by atoms with E-state index in [-0.39, 0.29) is 5.91 Å². The van der Waals surface area contributed by atoms with Crippen LogP contribution in [-0.2, 0) is 9.53 Å². The van der Waals surface area contributed by atoms with Crippen LogP contribution in [-0.4, -0.2) is 61.7 Å². The smallest absolute Gasteiger partial charge is 0.277 e. The quantitative estimate of drug-likeness (QED) is 0.899. The molecule has 2 aliphatic rings. The number of ether oxygens (including phenoxy) is 1. The highest BCUT2D eigenvalue weighted by Gasteiger charge is 2.28. The van der Waals surface area contributed by atoms with Crippen molar-refractivity contribution in [3.8, 4) is 0 Å². The molecule has 1 amide bonds. The summed E-state index contributed by atoms with van der Waals surface area (Å²) < 4.78 is 6.60. The van der Waals surface area contributed by atoms with E-state index in [9.17, 15) is 4.79 Å². The molecule has 24 heavy (non-hydrogen) atoms. The summed E-state index contributed by atoms with van der Waals surface area (Å²) >= 11 is 1.83. The molecule has 6 heteroatoms. The lowest BCUT2D eigenvalue weighted by molar-refractivity contribution is -0.897. The third-order valence-corrected chi connectivity index (χ3v) is 6.32. The van der Waals surface area contributed by atoms with Crippen molar-refractivity contribution < 1.29 is 14.4 Å². The second-order valence-corrected chi connectivity index (χ2v) is 7.78. The number of para-hydroxylation sites is 1. The van der Waals surface area contributed by atoms with Crippen molar-refractivity contribution in [2.24, 2.45) is 0 Å². The van der Waals surface area contributed by atoms with E-state index in [0.717, 1.165) is 44.5 Å². The van der Waals surface area contributed by atoms with Gasteiger partial charge in [-0.3, -0.25) is 4.79 Å². The molecular weight excluding hydrogens is 322 g/mol. The second-order valence-electron chi connectivity index (χ2n) is 6.71. The summed E-state index contributed by atoms with van der Waals surface area (Å²) in [4.78, 5) is 20.6. The van der Waals surface area contributed by atoms with Crippen LogP contribution in [0.2, 0.25) is 0 Å². The number of aromatic nitrogens is 1. The molecule has 0 spiro atoms. The van der Waals surface area contributed by atoms with Crippen LogP contribution < -0.4 is 4.90 Å². The molecule has 2 fully saturated rings. The van der Waals surface area contributed by atoms with Gasteiger partial charge in [0.2, 0.25) is 0 Å². The van der Waals surface area contributed by atoms with Gasteiger partial charge in [-0.2, -0.15) is 0 Å². The first-order chi connectivity index (χ1) is 11.8. The van der Waals surface area contributed by atoms with Gasteiger partial charge in [0.05, 0.1) is 41.5 Å². The number of piperidine rings is 1. The third kappa shape index (κ3) is 3.45. The molecule has 2 aromatic rings. The number of carbonyl (C=O) groups excluding carboxylic acids is 1. The molecule has 0 saturated carbocycles. The minimum atomic E-state index is 0.284. The standard InChI is InChI=1S/C18H23N3O2S/c22-17(21-9-11-23-12-10-21)13-20-7-5-14(6-8-20)18-19-15-3-1-2-4-16(15)24-18/h1-4,14H,5-13H2/p+1. The average Bonchev–Trinajstić information content (AvgIpc) is 3.07. The van der Waals surface area contributed by atoms with E-state index in [0.29, 0.717) is 25.7 Å². The zero-order chi connectivity index (χ0) is 16.4. The Balaban J connectivity index is 1.32. The van der Waals surface area contributed by atoms with E-state index in [2.05, 4.69) is 24.3 Å². The third-order valence-electron chi connectivity index (χ3n) is 5.12. The molecular formula is C18H24N3O2S+. The Morgan fingerprint density at radius 3 is 2.75 bits per heavy atom. The van der Waals surface area contributed by atoms with Crippen molar-refractivity contribution in [1.82, 2.24) is 9.88 Å². The summed E-state index contributed by atoms with van der Waals surface area (Å²) in [5.74, 6) is 0.844. The van der Waals surface area contributed by atoms with Gasteiger partial charge < -0.3 is 14.5 Å². The number of fused-ring (bicyclic) bond motifs is 1. The number of hydrogen-bond acceptors (Lipinski definition) is 4. The zero-order valence-electron chi connectivity index (χ0n) is 13.9. The van der Waals surface area contributed by atoms with E-state index in [1.165, 1.54) is 14.6 Å². The number of nitrogens with one attached hydrogen (secondary N) is 1. The molecule has 128 valence electrons. The number of carbonyl (C=O) groups is 1. The summed E-state index contributed by atoms with van der Waals surface area (Å²) in [6.07, 6.45) is 2.26. The van der Waals surface area contributed by atoms with Gasteiger partial charge in [0, 0.05) is 31.8 Å². The van der Waals surface area contributed by atoms with Gasteiger partial charge >= 0.3 is 0 Å².